The molecule has 2 aromatic heterocycles. The molecular formula is C17H10Cl2N4OS. The van der Waals surface area contributed by atoms with Crippen molar-refractivity contribution in [2.45, 2.75) is 0 Å². The molecule has 2 heterocycles. The average molecular weight is 389 g/mol. The highest BCUT2D eigenvalue weighted by molar-refractivity contribution is 7.21. The van der Waals surface area contributed by atoms with Gasteiger partial charge in [0.25, 0.3) is 5.91 Å². The summed E-state index contributed by atoms with van der Waals surface area (Å²) in [7, 11) is 0. The van der Waals surface area contributed by atoms with Crippen molar-refractivity contribution in [2.24, 2.45) is 0 Å². The number of aromatic nitrogens is 3. The molecule has 0 aliphatic carbocycles. The van der Waals surface area contributed by atoms with E-state index in [1.54, 1.807) is 29.2 Å². The summed E-state index contributed by atoms with van der Waals surface area (Å²) in [6.45, 7) is 0. The molecule has 0 atom stereocenters. The summed E-state index contributed by atoms with van der Waals surface area (Å²) >= 11 is 13.8. The van der Waals surface area contributed by atoms with Gasteiger partial charge in [-0.3, -0.25) is 4.79 Å². The topological polar surface area (TPSA) is 59.8 Å². The minimum Gasteiger partial charge on any atom is -0.319 e. The van der Waals surface area contributed by atoms with Gasteiger partial charge in [0.05, 0.1) is 16.4 Å². The minimum atomic E-state index is -0.296. The van der Waals surface area contributed by atoms with Gasteiger partial charge in [-0.2, -0.15) is 5.10 Å². The fraction of sp³-hybridized carbons (Fsp3) is 0. The molecule has 2 aromatic carbocycles. The summed E-state index contributed by atoms with van der Waals surface area (Å²) in [6.07, 6.45) is 2.97. The van der Waals surface area contributed by atoms with Crippen LogP contribution < -0.4 is 5.32 Å². The fourth-order valence-electron chi connectivity index (χ4n) is 2.48. The third-order valence-corrected chi connectivity index (χ3v) is 5.52. The van der Waals surface area contributed by atoms with Gasteiger partial charge < -0.3 is 5.32 Å². The zero-order chi connectivity index (χ0) is 17.4. The van der Waals surface area contributed by atoms with Crippen molar-refractivity contribution in [3.05, 3.63) is 70.0 Å². The first-order valence-electron chi connectivity index (χ1n) is 7.26. The quantitative estimate of drug-likeness (QED) is 0.534. The van der Waals surface area contributed by atoms with Gasteiger partial charge in [-0.15, -0.1) is 11.3 Å². The van der Waals surface area contributed by atoms with Crippen LogP contribution in [0.15, 0.2) is 55.1 Å². The van der Waals surface area contributed by atoms with Crippen molar-refractivity contribution in [1.82, 2.24) is 14.8 Å². The Morgan fingerprint density at radius 1 is 1.16 bits per heavy atom. The van der Waals surface area contributed by atoms with Crippen molar-refractivity contribution in [2.75, 3.05) is 5.32 Å². The Bertz CT molecular complexity index is 1080. The lowest BCUT2D eigenvalue weighted by Crippen LogP contribution is -2.13. The SMILES string of the molecule is O=C(Nc1cc(Cl)ccc1-n1cncn1)c1sc2ccccc2c1Cl. The van der Waals surface area contributed by atoms with Crippen molar-refractivity contribution in [3.63, 3.8) is 0 Å². The maximum Gasteiger partial charge on any atom is 0.267 e. The Kier molecular flexibility index (Phi) is 4.17. The molecule has 1 N–H and O–H groups in total. The van der Waals surface area contributed by atoms with E-state index in [2.05, 4.69) is 15.4 Å². The second-order valence-electron chi connectivity index (χ2n) is 5.20. The van der Waals surface area contributed by atoms with Gasteiger partial charge in [0, 0.05) is 15.1 Å². The lowest BCUT2D eigenvalue weighted by molar-refractivity contribution is 0.103. The molecular weight excluding hydrogens is 379 g/mol. The van der Waals surface area contributed by atoms with Gasteiger partial charge in [-0.1, -0.05) is 41.4 Å². The number of benzene rings is 2. The monoisotopic (exact) mass is 388 g/mol. The fourth-order valence-corrected chi connectivity index (χ4v) is 4.06. The van der Waals surface area contributed by atoms with Gasteiger partial charge in [-0.25, -0.2) is 9.67 Å². The Hall–Kier alpha value is -2.41. The molecule has 0 unspecified atom stereocenters. The van der Waals surface area contributed by atoms with E-state index in [-0.39, 0.29) is 5.91 Å². The standard InChI is InChI=1S/C17H10Cl2N4OS/c18-10-5-6-13(23-9-20-8-21-23)12(7-10)22-17(24)16-15(19)11-3-1-2-4-14(11)25-16/h1-9H,(H,22,24). The van der Waals surface area contributed by atoms with E-state index in [1.165, 1.54) is 17.7 Å². The van der Waals surface area contributed by atoms with Gasteiger partial charge in [-0.05, 0) is 24.3 Å². The summed E-state index contributed by atoms with van der Waals surface area (Å²) in [5.74, 6) is -0.296. The van der Waals surface area contributed by atoms with Crippen LogP contribution >= 0.6 is 34.5 Å². The number of hydrogen-bond acceptors (Lipinski definition) is 4. The summed E-state index contributed by atoms with van der Waals surface area (Å²) in [5, 5.41) is 8.78. The first-order valence-corrected chi connectivity index (χ1v) is 8.83. The molecule has 1 amide bonds. The Morgan fingerprint density at radius 3 is 2.76 bits per heavy atom. The highest BCUT2D eigenvalue weighted by atomic mass is 35.5. The third kappa shape index (κ3) is 3.00. The predicted molar refractivity (Wildman–Crippen MR) is 101 cm³/mol. The van der Waals surface area contributed by atoms with Crippen LogP contribution in [0.5, 0.6) is 0 Å². The zero-order valence-corrected chi connectivity index (χ0v) is 14.9. The number of carbonyl (C=O) groups is 1. The lowest BCUT2D eigenvalue weighted by Gasteiger charge is -2.11. The Labute approximate surface area is 156 Å². The van der Waals surface area contributed by atoms with E-state index in [9.17, 15) is 4.79 Å². The first kappa shape index (κ1) is 16.1. The van der Waals surface area contributed by atoms with E-state index in [0.29, 0.717) is 26.3 Å². The van der Waals surface area contributed by atoms with Crippen molar-refractivity contribution in [1.29, 1.82) is 0 Å². The third-order valence-electron chi connectivity index (χ3n) is 3.61. The number of carbonyl (C=O) groups excluding carboxylic acids is 1. The van der Waals surface area contributed by atoms with Crippen LogP contribution in [0.1, 0.15) is 9.67 Å². The maximum atomic E-state index is 12.8. The molecule has 4 aromatic rings. The van der Waals surface area contributed by atoms with Crippen LogP contribution in [0.2, 0.25) is 10.0 Å². The van der Waals surface area contributed by atoms with Gasteiger partial charge in [0.1, 0.15) is 17.5 Å². The van der Waals surface area contributed by atoms with Crippen molar-refractivity contribution in [3.8, 4) is 5.69 Å². The molecule has 8 heteroatoms. The molecule has 124 valence electrons. The van der Waals surface area contributed by atoms with E-state index >= 15 is 0 Å². The minimum absolute atomic E-state index is 0.296. The zero-order valence-electron chi connectivity index (χ0n) is 12.6. The summed E-state index contributed by atoms with van der Waals surface area (Å²) in [4.78, 5) is 17.1. The molecule has 0 saturated carbocycles. The number of rotatable bonds is 3. The summed E-state index contributed by atoms with van der Waals surface area (Å²) in [6, 6.07) is 12.8. The normalized spacial score (nSPS) is 11.0. The second-order valence-corrected chi connectivity index (χ2v) is 7.06. The number of fused-ring (bicyclic) bond motifs is 1. The van der Waals surface area contributed by atoms with Crippen molar-refractivity contribution >= 4 is 56.2 Å². The van der Waals surface area contributed by atoms with Crippen LogP contribution in [0.25, 0.3) is 15.8 Å². The highest BCUT2D eigenvalue weighted by Gasteiger charge is 2.18. The molecule has 0 radical (unpaired) electrons. The second kappa shape index (κ2) is 6.48. The number of nitrogens with zero attached hydrogens (tertiary/aromatic N) is 3. The van der Waals surface area contributed by atoms with Crippen LogP contribution in [-0.2, 0) is 0 Å². The van der Waals surface area contributed by atoms with Crippen molar-refractivity contribution < 1.29 is 4.79 Å². The van der Waals surface area contributed by atoms with Crippen LogP contribution in [-0.4, -0.2) is 20.7 Å². The molecule has 4 rings (SSSR count). The molecule has 0 aliphatic rings. The van der Waals surface area contributed by atoms with Crippen LogP contribution in [0.4, 0.5) is 5.69 Å². The lowest BCUT2D eigenvalue weighted by atomic mass is 10.2. The highest BCUT2D eigenvalue weighted by Crippen LogP contribution is 2.36. The average Bonchev–Trinajstić information content (AvgIpc) is 3.24. The Morgan fingerprint density at radius 2 is 2.00 bits per heavy atom. The molecule has 0 spiro atoms. The predicted octanol–water partition coefficient (Wildman–Crippen LogP) is 5.04. The number of hydrogen-bond donors (Lipinski definition) is 1. The maximum absolute atomic E-state index is 12.8. The molecule has 0 fully saturated rings. The smallest absolute Gasteiger partial charge is 0.267 e. The first-order chi connectivity index (χ1) is 12.1. The number of nitrogens with one attached hydrogen (secondary N) is 1. The van der Waals surface area contributed by atoms with E-state index < -0.39 is 0 Å². The van der Waals surface area contributed by atoms with Crippen LogP contribution in [0, 0.1) is 0 Å². The molecule has 0 aliphatic heterocycles. The number of halogens is 2. The van der Waals surface area contributed by atoms with Gasteiger partial charge in [0.15, 0.2) is 0 Å². The molecule has 0 saturated heterocycles. The van der Waals surface area contributed by atoms with Gasteiger partial charge in [0.2, 0.25) is 0 Å². The number of anilines is 1. The number of thiophene rings is 1. The number of amides is 1. The molecule has 5 nitrogen and oxygen atoms in total. The van der Waals surface area contributed by atoms with Crippen LogP contribution in [0.3, 0.4) is 0 Å². The van der Waals surface area contributed by atoms with Gasteiger partial charge >= 0.3 is 0 Å². The van der Waals surface area contributed by atoms with E-state index in [0.717, 1.165) is 10.1 Å². The summed E-state index contributed by atoms with van der Waals surface area (Å²) in [5.41, 5.74) is 1.18. The van der Waals surface area contributed by atoms with E-state index in [4.69, 9.17) is 23.2 Å². The molecule has 25 heavy (non-hydrogen) atoms. The van der Waals surface area contributed by atoms with E-state index in [1.807, 2.05) is 24.3 Å². The summed E-state index contributed by atoms with van der Waals surface area (Å²) < 4.78 is 2.51. The largest absolute Gasteiger partial charge is 0.319 e. The molecule has 0 bridgehead atoms. The Balaban J connectivity index is 1.73.